The minimum atomic E-state index is 0.433. The third-order valence-electron chi connectivity index (χ3n) is 8.15. The van der Waals surface area contributed by atoms with Crippen LogP contribution in [0.1, 0.15) is 16.7 Å². The van der Waals surface area contributed by atoms with Crippen LogP contribution in [0.2, 0.25) is 0 Å². The summed E-state index contributed by atoms with van der Waals surface area (Å²) in [5, 5.41) is 9.07. The van der Waals surface area contributed by atoms with Crippen LogP contribution in [0.4, 0.5) is 0 Å². The fraction of sp³-hybridized carbons (Fsp3) is 0.0256. The first-order valence-corrected chi connectivity index (χ1v) is 14.4. The highest BCUT2D eigenvalue weighted by atomic mass is 16.3. The van der Waals surface area contributed by atoms with Crippen LogP contribution >= 0.6 is 0 Å². The Morgan fingerprint density at radius 2 is 1.16 bits per heavy atom. The predicted molar refractivity (Wildman–Crippen MR) is 180 cm³/mol. The summed E-state index contributed by atoms with van der Waals surface area (Å²) in [4.78, 5) is 10.0. The van der Waals surface area contributed by atoms with Gasteiger partial charge in [-0.1, -0.05) is 109 Å². The van der Waals surface area contributed by atoms with Crippen molar-refractivity contribution in [3.8, 4) is 0 Å². The van der Waals surface area contributed by atoms with E-state index < -0.39 is 0 Å². The molecule has 0 saturated heterocycles. The van der Waals surface area contributed by atoms with Crippen LogP contribution in [0.3, 0.4) is 0 Å². The summed E-state index contributed by atoms with van der Waals surface area (Å²) in [5.41, 5.74) is 11.3. The molecule has 0 spiro atoms. The van der Waals surface area contributed by atoms with Gasteiger partial charge in [0.1, 0.15) is 17.0 Å². The number of hydrogen-bond acceptors (Lipinski definition) is 2. The maximum Gasteiger partial charge on any atom is 0.157 e. The van der Waals surface area contributed by atoms with Gasteiger partial charge in [-0.05, 0) is 68.2 Å². The molecule has 204 valence electrons. The molecule has 4 nitrogen and oxygen atoms in total. The number of hydrogen-bond donors (Lipinski definition) is 1. The monoisotopic (exact) mass is 553 g/mol. The average Bonchev–Trinajstić information content (AvgIpc) is 3.42. The van der Waals surface area contributed by atoms with Crippen molar-refractivity contribution in [3.05, 3.63) is 156 Å². The van der Waals surface area contributed by atoms with E-state index in [0.717, 1.165) is 65.6 Å². The zero-order valence-corrected chi connectivity index (χ0v) is 23.4. The first-order chi connectivity index (χ1) is 21.2. The molecule has 1 aromatic heterocycles. The molecular weight excluding hydrogens is 526 g/mol. The van der Waals surface area contributed by atoms with Crippen molar-refractivity contribution < 1.29 is 4.42 Å². The lowest BCUT2D eigenvalue weighted by atomic mass is 10.0. The normalized spacial score (nSPS) is 12.7. The van der Waals surface area contributed by atoms with E-state index in [-0.39, 0.29) is 0 Å². The molecule has 0 aliphatic carbocycles. The highest BCUT2D eigenvalue weighted by Crippen LogP contribution is 2.33. The molecule has 0 amide bonds. The predicted octanol–water partition coefficient (Wildman–Crippen LogP) is 9.40. The van der Waals surface area contributed by atoms with Gasteiger partial charge >= 0.3 is 0 Å². The summed E-state index contributed by atoms with van der Waals surface area (Å²) in [7, 11) is 0. The number of rotatable bonds is 4. The number of benzene rings is 7. The SMILES string of the molecule is NC(=NC(=NCc1cccc2cc3oc4ccccc4c3cc12)c1ccc2ccccc2c1)c1ccc2ccccc2c1. The number of nitrogens with two attached hydrogens (primary N) is 1. The number of amidine groups is 2. The summed E-state index contributed by atoms with van der Waals surface area (Å²) >= 11 is 0. The fourth-order valence-electron chi connectivity index (χ4n) is 5.91. The van der Waals surface area contributed by atoms with Gasteiger partial charge in [-0.3, -0.25) is 4.99 Å². The number of furan rings is 1. The molecular formula is C39H27N3O. The van der Waals surface area contributed by atoms with Gasteiger partial charge in [0.2, 0.25) is 0 Å². The Labute approximate surface area is 248 Å². The Balaban J connectivity index is 1.25. The Kier molecular flexibility index (Phi) is 5.97. The van der Waals surface area contributed by atoms with E-state index >= 15 is 0 Å². The minimum Gasteiger partial charge on any atom is -0.456 e. The first-order valence-electron chi connectivity index (χ1n) is 14.4. The van der Waals surface area contributed by atoms with Gasteiger partial charge in [0.25, 0.3) is 0 Å². The smallest absolute Gasteiger partial charge is 0.157 e. The van der Waals surface area contributed by atoms with Crippen molar-refractivity contribution in [1.82, 2.24) is 0 Å². The maximum atomic E-state index is 6.66. The molecule has 0 atom stereocenters. The molecule has 0 bridgehead atoms. The molecule has 43 heavy (non-hydrogen) atoms. The molecule has 8 rings (SSSR count). The zero-order chi connectivity index (χ0) is 28.8. The van der Waals surface area contributed by atoms with Gasteiger partial charge in [-0.25, -0.2) is 4.99 Å². The van der Waals surface area contributed by atoms with Gasteiger partial charge in [0.15, 0.2) is 5.84 Å². The summed E-state index contributed by atoms with van der Waals surface area (Å²) < 4.78 is 6.14. The molecule has 1 heterocycles. The van der Waals surface area contributed by atoms with E-state index in [2.05, 4.69) is 91.0 Å². The van der Waals surface area contributed by atoms with Gasteiger partial charge < -0.3 is 10.2 Å². The van der Waals surface area contributed by atoms with E-state index in [0.29, 0.717) is 18.2 Å². The van der Waals surface area contributed by atoms with Crippen molar-refractivity contribution in [3.63, 3.8) is 0 Å². The number of aliphatic imine (C=N–C) groups is 2. The Morgan fingerprint density at radius 1 is 0.512 bits per heavy atom. The van der Waals surface area contributed by atoms with Crippen LogP contribution in [-0.4, -0.2) is 11.7 Å². The summed E-state index contributed by atoms with van der Waals surface area (Å²) in [6, 6.07) is 47.9. The van der Waals surface area contributed by atoms with Gasteiger partial charge in [-0.15, -0.1) is 0 Å². The van der Waals surface area contributed by atoms with E-state index in [1.165, 1.54) is 5.39 Å². The molecule has 8 aromatic rings. The van der Waals surface area contributed by atoms with E-state index in [1.807, 2.05) is 48.5 Å². The third kappa shape index (κ3) is 4.59. The van der Waals surface area contributed by atoms with E-state index in [4.69, 9.17) is 20.1 Å². The molecule has 0 aliphatic heterocycles. The van der Waals surface area contributed by atoms with Crippen molar-refractivity contribution in [2.75, 3.05) is 0 Å². The maximum absolute atomic E-state index is 6.66. The molecule has 7 aromatic carbocycles. The van der Waals surface area contributed by atoms with Crippen LogP contribution in [0.25, 0.3) is 54.3 Å². The van der Waals surface area contributed by atoms with Crippen molar-refractivity contribution in [2.45, 2.75) is 6.54 Å². The average molecular weight is 554 g/mol. The Bertz CT molecular complexity index is 2400. The summed E-state index contributed by atoms with van der Waals surface area (Å²) in [6.45, 7) is 0.454. The lowest BCUT2D eigenvalue weighted by Gasteiger charge is -2.09. The van der Waals surface area contributed by atoms with Crippen molar-refractivity contribution in [2.24, 2.45) is 15.7 Å². The van der Waals surface area contributed by atoms with Gasteiger partial charge in [0, 0.05) is 21.9 Å². The second kappa shape index (κ2) is 10.3. The first kappa shape index (κ1) is 25.0. The second-order valence-electron chi connectivity index (χ2n) is 10.8. The number of fused-ring (bicyclic) bond motifs is 6. The highest BCUT2D eigenvalue weighted by Gasteiger charge is 2.12. The molecule has 0 saturated carbocycles. The van der Waals surface area contributed by atoms with Crippen LogP contribution < -0.4 is 5.73 Å². The largest absolute Gasteiger partial charge is 0.456 e. The fourth-order valence-corrected chi connectivity index (χ4v) is 5.91. The van der Waals surface area contributed by atoms with Gasteiger partial charge in [0.05, 0.1) is 6.54 Å². The summed E-state index contributed by atoms with van der Waals surface area (Å²) in [6.07, 6.45) is 0. The van der Waals surface area contributed by atoms with Crippen molar-refractivity contribution >= 4 is 65.9 Å². The number of para-hydroxylation sites is 1. The van der Waals surface area contributed by atoms with E-state index in [9.17, 15) is 0 Å². The molecule has 0 radical (unpaired) electrons. The van der Waals surface area contributed by atoms with E-state index in [1.54, 1.807) is 0 Å². The van der Waals surface area contributed by atoms with Gasteiger partial charge in [-0.2, -0.15) is 0 Å². The Hall–Kier alpha value is -5.74. The van der Waals surface area contributed by atoms with Crippen LogP contribution in [-0.2, 0) is 6.54 Å². The third-order valence-corrected chi connectivity index (χ3v) is 8.15. The minimum absolute atomic E-state index is 0.433. The lowest BCUT2D eigenvalue weighted by molar-refractivity contribution is 0.669. The van der Waals surface area contributed by atoms with Crippen LogP contribution in [0, 0.1) is 0 Å². The molecule has 0 fully saturated rings. The molecule has 2 N–H and O–H groups in total. The van der Waals surface area contributed by atoms with Crippen LogP contribution in [0.15, 0.2) is 154 Å². The molecule has 0 aliphatic rings. The zero-order valence-electron chi connectivity index (χ0n) is 23.4. The topological polar surface area (TPSA) is 63.9 Å². The quantitative estimate of drug-likeness (QED) is 0.174. The van der Waals surface area contributed by atoms with Crippen LogP contribution in [0.5, 0.6) is 0 Å². The van der Waals surface area contributed by atoms with Crippen molar-refractivity contribution in [1.29, 1.82) is 0 Å². The number of nitrogens with zero attached hydrogens (tertiary/aromatic N) is 2. The lowest BCUT2D eigenvalue weighted by Crippen LogP contribution is -2.16. The summed E-state index contributed by atoms with van der Waals surface area (Å²) in [5.74, 6) is 1.03. The molecule has 4 heteroatoms. The second-order valence-corrected chi connectivity index (χ2v) is 10.8. The molecule has 0 unspecified atom stereocenters. The highest BCUT2D eigenvalue weighted by molar-refractivity contribution is 6.13. The Morgan fingerprint density at radius 3 is 1.95 bits per heavy atom. The standard InChI is InChI=1S/C39H27N3O/c40-38(30-18-16-25-8-1-3-10-27(25)20-30)42-39(31-19-17-26-9-2-4-11-28(26)21-31)41-24-32-13-7-12-29-22-37-35(23-34(29)32)33-14-5-6-15-36(33)43-37/h1-23H,24H2,(H2,40,41,42).